The van der Waals surface area contributed by atoms with Crippen molar-refractivity contribution in [2.75, 3.05) is 0 Å². The smallest absolute Gasteiger partial charge is 0.244 e. The molecule has 1 atom stereocenters. The van der Waals surface area contributed by atoms with E-state index in [1.54, 1.807) is 0 Å². The molecule has 18 heavy (non-hydrogen) atoms. The highest BCUT2D eigenvalue weighted by Gasteiger charge is 2.18. The Kier molecular flexibility index (Phi) is 3.82. The summed E-state index contributed by atoms with van der Waals surface area (Å²) in [6.45, 7) is 6.08. The van der Waals surface area contributed by atoms with E-state index in [0.717, 1.165) is 10.0 Å². The molecule has 0 aliphatic carbocycles. The Labute approximate surface area is 115 Å². The number of aromatic nitrogens is 2. The zero-order valence-electron chi connectivity index (χ0n) is 10.6. The molecule has 4 nitrogen and oxygen atoms in total. The SMILES string of the molecule is Cc1ccc(-c2noc(C(N)C(C)C)n2)cc1Br. The van der Waals surface area contributed by atoms with E-state index in [9.17, 15) is 0 Å². The fraction of sp³-hybridized carbons (Fsp3) is 0.385. The Morgan fingerprint density at radius 3 is 2.67 bits per heavy atom. The third kappa shape index (κ3) is 2.62. The monoisotopic (exact) mass is 309 g/mol. The van der Waals surface area contributed by atoms with Gasteiger partial charge in [-0.3, -0.25) is 0 Å². The minimum absolute atomic E-state index is 0.222. The first kappa shape index (κ1) is 13.2. The van der Waals surface area contributed by atoms with Crippen molar-refractivity contribution in [3.05, 3.63) is 34.1 Å². The molecular weight excluding hydrogens is 294 g/mol. The van der Waals surface area contributed by atoms with E-state index in [0.29, 0.717) is 11.7 Å². The van der Waals surface area contributed by atoms with Crippen LogP contribution < -0.4 is 5.73 Å². The Hall–Kier alpha value is -1.20. The summed E-state index contributed by atoms with van der Waals surface area (Å²) in [4.78, 5) is 4.35. The van der Waals surface area contributed by atoms with Crippen LogP contribution in [0.4, 0.5) is 0 Å². The van der Waals surface area contributed by atoms with Crippen LogP contribution in [0.3, 0.4) is 0 Å². The van der Waals surface area contributed by atoms with E-state index in [1.807, 2.05) is 39.0 Å². The standard InChI is InChI=1S/C13H16BrN3O/c1-7(2)11(15)13-16-12(17-18-13)9-5-4-8(3)10(14)6-9/h4-7,11H,15H2,1-3H3. The van der Waals surface area contributed by atoms with Crippen molar-refractivity contribution in [1.82, 2.24) is 10.1 Å². The Morgan fingerprint density at radius 1 is 1.33 bits per heavy atom. The molecule has 0 aliphatic rings. The highest BCUT2D eigenvalue weighted by atomic mass is 79.9. The largest absolute Gasteiger partial charge is 0.337 e. The van der Waals surface area contributed by atoms with Gasteiger partial charge in [-0.25, -0.2) is 0 Å². The molecule has 2 aromatic rings. The summed E-state index contributed by atoms with van der Waals surface area (Å²) in [6.07, 6.45) is 0. The van der Waals surface area contributed by atoms with Gasteiger partial charge in [0.15, 0.2) is 0 Å². The van der Waals surface area contributed by atoms with Gasteiger partial charge in [0, 0.05) is 10.0 Å². The number of halogens is 1. The molecule has 0 saturated heterocycles. The van der Waals surface area contributed by atoms with E-state index >= 15 is 0 Å². The molecule has 2 N–H and O–H groups in total. The molecule has 5 heteroatoms. The fourth-order valence-corrected chi connectivity index (χ4v) is 1.88. The zero-order chi connectivity index (χ0) is 13.3. The first-order chi connectivity index (χ1) is 8.49. The molecule has 0 bridgehead atoms. The molecule has 0 saturated carbocycles. The van der Waals surface area contributed by atoms with Crippen LogP contribution in [-0.4, -0.2) is 10.1 Å². The van der Waals surface area contributed by atoms with Crippen molar-refractivity contribution in [2.45, 2.75) is 26.8 Å². The van der Waals surface area contributed by atoms with Crippen molar-refractivity contribution in [2.24, 2.45) is 11.7 Å². The van der Waals surface area contributed by atoms with Crippen LogP contribution in [0, 0.1) is 12.8 Å². The lowest BCUT2D eigenvalue weighted by Gasteiger charge is -2.09. The molecule has 0 aliphatic heterocycles. The van der Waals surface area contributed by atoms with Gasteiger partial charge in [-0.2, -0.15) is 4.98 Å². The zero-order valence-corrected chi connectivity index (χ0v) is 12.2. The average Bonchev–Trinajstić information content (AvgIpc) is 2.81. The number of hydrogen-bond acceptors (Lipinski definition) is 4. The third-order valence-electron chi connectivity index (χ3n) is 2.88. The molecule has 0 amide bonds. The average molecular weight is 310 g/mol. The number of benzene rings is 1. The van der Waals surface area contributed by atoms with Gasteiger partial charge in [-0.1, -0.05) is 47.1 Å². The number of aryl methyl sites for hydroxylation is 1. The maximum absolute atomic E-state index is 5.98. The van der Waals surface area contributed by atoms with Crippen LogP contribution in [0.5, 0.6) is 0 Å². The Morgan fingerprint density at radius 2 is 2.06 bits per heavy atom. The topological polar surface area (TPSA) is 64.9 Å². The van der Waals surface area contributed by atoms with Gasteiger partial charge in [0.05, 0.1) is 6.04 Å². The Balaban J connectivity index is 2.32. The summed E-state index contributed by atoms with van der Waals surface area (Å²) in [7, 11) is 0. The van der Waals surface area contributed by atoms with Gasteiger partial charge < -0.3 is 10.3 Å². The molecule has 0 fully saturated rings. The second-order valence-corrected chi connectivity index (χ2v) is 5.54. The molecule has 1 aromatic carbocycles. The minimum Gasteiger partial charge on any atom is -0.337 e. The fourth-order valence-electron chi connectivity index (χ4n) is 1.50. The van der Waals surface area contributed by atoms with E-state index in [2.05, 4.69) is 26.1 Å². The number of nitrogens with zero attached hydrogens (tertiary/aromatic N) is 2. The Bertz CT molecular complexity index is 551. The first-order valence-electron chi connectivity index (χ1n) is 5.84. The highest BCUT2D eigenvalue weighted by molar-refractivity contribution is 9.10. The van der Waals surface area contributed by atoms with E-state index in [-0.39, 0.29) is 12.0 Å². The lowest BCUT2D eigenvalue weighted by atomic mass is 10.1. The molecule has 0 spiro atoms. The summed E-state index contributed by atoms with van der Waals surface area (Å²) < 4.78 is 6.24. The molecule has 0 radical (unpaired) electrons. The molecule has 1 unspecified atom stereocenters. The number of nitrogens with two attached hydrogens (primary N) is 1. The maximum Gasteiger partial charge on any atom is 0.244 e. The van der Waals surface area contributed by atoms with Crippen LogP contribution in [0.15, 0.2) is 27.2 Å². The quantitative estimate of drug-likeness (QED) is 0.943. The predicted molar refractivity (Wildman–Crippen MR) is 73.9 cm³/mol. The highest BCUT2D eigenvalue weighted by Crippen LogP contribution is 2.25. The lowest BCUT2D eigenvalue weighted by molar-refractivity contribution is 0.325. The van der Waals surface area contributed by atoms with Crippen LogP contribution in [-0.2, 0) is 0 Å². The summed E-state index contributed by atoms with van der Waals surface area (Å²) in [5.41, 5.74) is 8.06. The van der Waals surface area contributed by atoms with Crippen LogP contribution in [0.25, 0.3) is 11.4 Å². The number of rotatable bonds is 3. The van der Waals surface area contributed by atoms with E-state index < -0.39 is 0 Å². The van der Waals surface area contributed by atoms with Gasteiger partial charge in [-0.15, -0.1) is 0 Å². The van der Waals surface area contributed by atoms with E-state index in [4.69, 9.17) is 10.3 Å². The lowest BCUT2D eigenvalue weighted by Crippen LogP contribution is -2.16. The second kappa shape index (κ2) is 5.20. The molecular formula is C13H16BrN3O. The summed E-state index contributed by atoms with van der Waals surface area (Å²) in [5, 5.41) is 3.97. The normalized spacial score (nSPS) is 13.0. The van der Waals surface area contributed by atoms with Crippen molar-refractivity contribution < 1.29 is 4.52 Å². The van der Waals surface area contributed by atoms with Gasteiger partial charge in [-0.05, 0) is 24.5 Å². The van der Waals surface area contributed by atoms with Crippen molar-refractivity contribution in [3.8, 4) is 11.4 Å². The predicted octanol–water partition coefficient (Wildman–Crippen LogP) is 3.46. The van der Waals surface area contributed by atoms with Crippen molar-refractivity contribution in [1.29, 1.82) is 0 Å². The van der Waals surface area contributed by atoms with Gasteiger partial charge in [0.2, 0.25) is 11.7 Å². The van der Waals surface area contributed by atoms with Crippen molar-refractivity contribution >= 4 is 15.9 Å². The maximum atomic E-state index is 5.98. The molecule has 2 rings (SSSR count). The van der Waals surface area contributed by atoms with Crippen LogP contribution in [0.2, 0.25) is 0 Å². The van der Waals surface area contributed by atoms with Gasteiger partial charge >= 0.3 is 0 Å². The molecule has 1 aromatic heterocycles. The molecule has 96 valence electrons. The van der Waals surface area contributed by atoms with Crippen molar-refractivity contribution in [3.63, 3.8) is 0 Å². The molecule has 1 heterocycles. The third-order valence-corrected chi connectivity index (χ3v) is 3.73. The summed E-state index contributed by atoms with van der Waals surface area (Å²) in [6, 6.07) is 5.73. The second-order valence-electron chi connectivity index (χ2n) is 4.69. The summed E-state index contributed by atoms with van der Waals surface area (Å²) in [5.74, 6) is 1.32. The van der Waals surface area contributed by atoms with Crippen LogP contribution >= 0.6 is 15.9 Å². The van der Waals surface area contributed by atoms with E-state index in [1.165, 1.54) is 5.56 Å². The minimum atomic E-state index is -0.222. The number of hydrogen-bond donors (Lipinski definition) is 1. The van der Waals surface area contributed by atoms with Crippen LogP contribution in [0.1, 0.15) is 31.3 Å². The summed E-state index contributed by atoms with van der Waals surface area (Å²) >= 11 is 3.49. The van der Waals surface area contributed by atoms with Gasteiger partial charge in [0.1, 0.15) is 0 Å². The first-order valence-corrected chi connectivity index (χ1v) is 6.64. The van der Waals surface area contributed by atoms with Gasteiger partial charge in [0.25, 0.3) is 0 Å².